The van der Waals surface area contributed by atoms with E-state index < -0.39 is 64.8 Å². The summed E-state index contributed by atoms with van der Waals surface area (Å²) in [5.41, 5.74) is -2.50. The molecule has 0 saturated heterocycles. The van der Waals surface area contributed by atoms with Crippen LogP contribution >= 0.6 is 11.6 Å². The van der Waals surface area contributed by atoms with E-state index in [2.05, 4.69) is 6.58 Å². The van der Waals surface area contributed by atoms with Crippen molar-refractivity contribution in [1.29, 1.82) is 0 Å². The summed E-state index contributed by atoms with van der Waals surface area (Å²) in [6.07, 6.45) is -2.17. The summed E-state index contributed by atoms with van der Waals surface area (Å²) in [5.74, 6) is -2.95. The molecule has 0 aromatic heterocycles. The molecule has 0 bridgehead atoms. The van der Waals surface area contributed by atoms with E-state index in [9.17, 15) is 29.7 Å². The van der Waals surface area contributed by atoms with Crippen LogP contribution in [0.2, 0.25) is 0 Å². The quantitative estimate of drug-likeness (QED) is 0.124. The molecule has 0 radical (unpaired) electrons. The lowest BCUT2D eigenvalue weighted by Gasteiger charge is -2.48. The van der Waals surface area contributed by atoms with Crippen LogP contribution < -0.4 is 0 Å². The number of ether oxygens (including phenoxy) is 3. The van der Waals surface area contributed by atoms with Crippen LogP contribution in [0.5, 0.6) is 0 Å². The fourth-order valence-corrected chi connectivity index (χ4v) is 4.18. The summed E-state index contributed by atoms with van der Waals surface area (Å²) < 4.78 is 16.8. The Morgan fingerprint density at radius 3 is 2.08 bits per heavy atom. The van der Waals surface area contributed by atoms with Crippen molar-refractivity contribution >= 4 is 29.5 Å². The maximum atomic E-state index is 12.8. The molecule has 0 aliphatic heterocycles. The minimum Gasteiger partial charge on any atom is -0.455 e. The zero-order valence-electron chi connectivity index (χ0n) is 22.9. The van der Waals surface area contributed by atoms with Gasteiger partial charge in [0, 0.05) is 30.4 Å². The number of carbonyl (C=O) groups excluding carboxylic acids is 3. The fraction of sp³-hybridized carbons (Fsp3) is 0.667. The van der Waals surface area contributed by atoms with Crippen LogP contribution in [-0.2, 0) is 28.6 Å². The highest BCUT2D eigenvalue weighted by Gasteiger charge is 2.56. The number of carbonyl (C=O) groups is 3. The summed E-state index contributed by atoms with van der Waals surface area (Å²) in [5, 5.41) is 31.1. The van der Waals surface area contributed by atoms with Gasteiger partial charge in [0.1, 0.15) is 17.8 Å². The van der Waals surface area contributed by atoms with E-state index in [0.717, 1.165) is 6.92 Å². The van der Waals surface area contributed by atoms with Crippen molar-refractivity contribution in [3.8, 4) is 0 Å². The summed E-state index contributed by atoms with van der Waals surface area (Å²) >= 11 is 6.54. The van der Waals surface area contributed by atoms with Gasteiger partial charge in [-0.15, -0.1) is 11.6 Å². The molecule has 10 heteroatoms. The summed E-state index contributed by atoms with van der Waals surface area (Å²) in [6.45, 7) is 15.9. The first kappa shape index (κ1) is 32.8. The fourth-order valence-electron chi connectivity index (χ4n) is 3.87. The normalized spacial score (nSPS) is 28.6. The van der Waals surface area contributed by atoms with Gasteiger partial charge >= 0.3 is 17.9 Å². The molecule has 0 amide bonds. The number of alkyl halides is 1. The van der Waals surface area contributed by atoms with Crippen LogP contribution in [0.3, 0.4) is 0 Å². The molecule has 210 valence electrons. The molecule has 3 N–H and O–H groups in total. The van der Waals surface area contributed by atoms with E-state index >= 15 is 0 Å². The lowest BCUT2D eigenvalue weighted by Crippen LogP contribution is -2.63. The molecular weight excluding hydrogens is 504 g/mol. The van der Waals surface area contributed by atoms with Crippen molar-refractivity contribution in [1.82, 2.24) is 0 Å². The number of aliphatic hydroxyl groups is 3. The first-order valence-electron chi connectivity index (χ1n) is 12.2. The van der Waals surface area contributed by atoms with Crippen molar-refractivity contribution in [2.75, 3.05) is 0 Å². The third-order valence-corrected chi connectivity index (χ3v) is 7.42. The molecule has 37 heavy (non-hydrogen) atoms. The second-order valence-electron chi connectivity index (χ2n) is 10.3. The maximum Gasteiger partial charge on any atom is 0.333 e. The molecule has 0 spiro atoms. The molecule has 1 saturated carbocycles. The Kier molecular flexibility index (Phi) is 11.6. The molecule has 1 rings (SSSR count). The van der Waals surface area contributed by atoms with Crippen molar-refractivity contribution in [3.63, 3.8) is 0 Å². The molecule has 1 aliphatic carbocycles. The Balaban J connectivity index is 3.60. The average molecular weight is 545 g/mol. The Bertz CT molecular complexity index is 929. The lowest BCUT2D eigenvalue weighted by molar-refractivity contribution is -0.203. The van der Waals surface area contributed by atoms with Crippen molar-refractivity contribution < 1.29 is 43.9 Å². The van der Waals surface area contributed by atoms with E-state index in [1.54, 1.807) is 39.8 Å². The minimum absolute atomic E-state index is 0.0211. The van der Waals surface area contributed by atoms with Crippen LogP contribution in [0.4, 0.5) is 0 Å². The summed E-state index contributed by atoms with van der Waals surface area (Å²) in [4.78, 5) is 37.4. The monoisotopic (exact) mass is 544 g/mol. The first-order chi connectivity index (χ1) is 16.9. The highest BCUT2D eigenvalue weighted by atomic mass is 35.5. The van der Waals surface area contributed by atoms with Crippen LogP contribution in [0.25, 0.3) is 0 Å². The second kappa shape index (κ2) is 13.0. The molecule has 0 aromatic rings. The summed E-state index contributed by atoms with van der Waals surface area (Å²) in [7, 11) is 0. The van der Waals surface area contributed by atoms with Crippen molar-refractivity contribution in [2.24, 2.45) is 5.92 Å². The second-order valence-corrected chi connectivity index (χ2v) is 10.8. The number of aliphatic hydroxyl groups excluding tert-OH is 1. The van der Waals surface area contributed by atoms with E-state index in [1.165, 1.54) is 20.8 Å². The van der Waals surface area contributed by atoms with Crippen molar-refractivity contribution in [2.45, 2.75) is 109 Å². The van der Waals surface area contributed by atoms with Crippen LogP contribution in [0.1, 0.15) is 68.2 Å². The van der Waals surface area contributed by atoms with E-state index in [0.29, 0.717) is 5.57 Å². The molecular formula is C27H41ClO9. The number of halogens is 1. The first-order valence-corrected chi connectivity index (χ1v) is 12.6. The lowest BCUT2D eigenvalue weighted by atomic mass is 9.70. The van der Waals surface area contributed by atoms with Gasteiger partial charge in [-0.05, 0) is 60.5 Å². The van der Waals surface area contributed by atoms with Crippen LogP contribution in [0, 0.1) is 5.92 Å². The Hall–Kier alpha value is -2.20. The smallest absolute Gasteiger partial charge is 0.333 e. The van der Waals surface area contributed by atoms with Crippen LogP contribution in [0.15, 0.2) is 35.5 Å². The largest absolute Gasteiger partial charge is 0.455 e. The predicted octanol–water partition coefficient (Wildman–Crippen LogP) is 3.13. The molecule has 0 aromatic carbocycles. The van der Waals surface area contributed by atoms with Crippen molar-refractivity contribution in [3.05, 3.63) is 35.5 Å². The standard InChI is InChI=1S/C27H41ClO9/c1-10-14(3)24(31)36-19(13-21(30)26(7,8)33)16(5)18-12-20(28)27(9,34)23(35-17(6)29)22(18)37-25(32)15(4)11-2/h10-11,18-23,30,33-34H,5,12-13H2,1-4,6-9H3/b14-10-,15-11-/t18-,19+,20+,21-,22+,23+,27-/m0/s1. The molecule has 1 fully saturated rings. The number of allylic oxidation sites excluding steroid dienone is 2. The highest BCUT2D eigenvalue weighted by Crippen LogP contribution is 2.44. The van der Waals surface area contributed by atoms with E-state index in [4.69, 9.17) is 25.8 Å². The zero-order valence-corrected chi connectivity index (χ0v) is 23.7. The Labute approximate surface area is 224 Å². The van der Waals surface area contributed by atoms with Gasteiger partial charge in [0.2, 0.25) is 0 Å². The molecule has 1 aliphatic rings. The minimum atomic E-state index is -1.78. The van der Waals surface area contributed by atoms with Gasteiger partial charge in [-0.25, -0.2) is 9.59 Å². The number of rotatable bonds is 10. The van der Waals surface area contributed by atoms with Gasteiger partial charge in [-0.2, -0.15) is 0 Å². The van der Waals surface area contributed by atoms with Crippen LogP contribution in [-0.4, -0.2) is 74.2 Å². The Morgan fingerprint density at radius 1 is 1.11 bits per heavy atom. The molecule has 0 heterocycles. The third-order valence-electron chi connectivity index (χ3n) is 6.80. The maximum absolute atomic E-state index is 12.8. The predicted molar refractivity (Wildman–Crippen MR) is 139 cm³/mol. The SMILES string of the molecule is C=C([C@@H](C[C@H](O)C(C)(C)O)OC(=O)/C(C)=C\C)[C@@H]1C[C@@H](Cl)[C@](C)(O)[C@H](OC(C)=O)[C@@H]1OC(=O)/C(C)=C\C. The number of esters is 3. The Morgan fingerprint density at radius 2 is 1.62 bits per heavy atom. The van der Waals surface area contributed by atoms with Gasteiger partial charge in [-0.3, -0.25) is 4.79 Å². The number of hydrogen-bond donors (Lipinski definition) is 3. The van der Waals surface area contributed by atoms with E-state index in [1.807, 2.05) is 0 Å². The molecule has 9 nitrogen and oxygen atoms in total. The van der Waals surface area contributed by atoms with Gasteiger partial charge < -0.3 is 29.5 Å². The highest BCUT2D eigenvalue weighted by molar-refractivity contribution is 6.21. The van der Waals surface area contributed by atoms with Gasteiger partial charge in [0.05, 0.1) is 17.1 Å². The zero-order chi connectivity index (χ0) is 28.9. The van der Waals surface area contributed by atoms with Gasteiger partial charge in [0.25, 0.3) is 0 Å². The average Bonchev–Trinajstić information content (AvgIpc) is 2.80. The van der Waals surface area contributed by atoms with Gasteiger partial charge in [-0.1, -0.05) is 18.7 Å². The van der Waals surface area contributed by atoms with E-state index in [-0.39, 0.29) is 24.0 Å². The molecule has 0 unspecified atom stereocenters. The number of hydrogen-bond acceptors (Lipinski definition) is 9. The van der Waals surface area contributed by atoms with Gasteiger partial charge in [0.15, 0.2) is 6.10 Å². The molecule has 7 atom stereocenters. The topological polar surface area (TPSA) is 140 Å². The third kappa shape index (κ3) is 8.40. The summed E-state index contributed by atoms with van der Waals surface area (Å²) in [6, 6.07) is 0.